The number of rotatable bonds is 4. The molecule has 3 rings (SSSR count). The number of carbonyl (C=O) groups is 2. The third-order valence-electron chi connectivity index (χ3n) is 4.59. The Hall–Kier alpha value is -2.67. The molecule has 2 atom stereocenters. The van der Waals surface area contributed by atoms with E-state index in [2.05, 4.69) is 0 Å². The Balaban J connectivity index is 1.72. The molecule has 0 saturated heterocycles. The topological polar surface area (TPSA) is 80.8 Å². The lowest BCUT2D eigenvalue weighted by atomic mass is 10.1. The maximum atomic E-state index is 12.8. The Morgan fingerprint density at radius 3 is 2.37 bits per heavy atom. The van der Waals surface area contributed by atoms with Crippen LogP contribution in [0.4, 0.5) is 5.69 Å². The van der Waals surface area contributed by atoms with Crippen molar-refractivity contribution in [2.24, 2.45) is 0 Å². The third-order valence-corrected chi connectivity index (χ3v) is 5.72. The lowest BCUT2D eigenvalue weighted by Crippen LogP contribution is -2.43. The van der Waals surface area contributed by atoms with Gasteiger partial charge in [0, 0.05) is 18.0 Å². The van der Waals surface area contributed by atoms with Crippen LogP contribution >= 0.6 is 0 Å². The van der Waals surface area contributed by atoms with Crippen molar-refractivity contribution in [1.29, 1.82) is 0 Å². The largest absolute Gasteiger partial charge is 0.449 e. The summed E-state index contributed by atoms with van der Waals surface area (Å²) in [4.78, 5) is 26.9. The van der Waals surface area contributed by atoms with Gasteiger partial charge in [-0.05, 0) is 56.2 Å². The summed E-state index contributed by atoms with van der Waals surface area (Å²) in [6.07, 6.45) is 0.895. The highest BCUT2D eigenvalue weighted by Gasteiger charge is 2.34. The van der Waals surface area contributed by atoms with E-state index in [1.165, 1.54) is 24.3 Å². The van der Waals surface area contributed by atoms with Gasteiger partial charge >= 0.3 is 5.97 Å². The number of sulfone groups is 1. The van der Waals surface area contributed by atoms with E-state index in [4.69, 9.17) is 4.74 Å². The van der Waals surface area contributed by atoms with Crippen molar-refractivity contribution in [3.8, 4) is 0 Å². The van der Waals surface area contributed by atoms with E-state index in [1.54, 1.807) is 11.8 Å². The molecular formula is C20H21NO5S. The molecule has 2 aromatic carbocycles. The number of hydrogen-bond acceptors (Lipinski definition) is 5. The quantitative estimate of drug-likeness (QED) is 0.754. The van der Waals surface area contributed by atoms with Crippen LogP contribution in [-0.4, -0.2) is 38.7 Å². The smallest absolute Gasteiger partial charge is 0.338 e. The number of esters is 1. The summed E-state index contributed by atoms with van der Waals surface area (Å²) in [5.74, 6) is -0.954. The zero-order valence-corrected chi connectivity index (χ0v) is 16.2. The van der Waals surface area contributed by atoms with Crippen molar-refractivity contribution in [2.45, 2.75) is 37.3 Å². The third kappa shape index (κ3) is 3.88. The van der Waals surface area contributed by atoms with Crippen LogP contribution in [0, 0.1) is 0 Å². The number of nitrogens with zero attached hydrogens (tertiary/aromatic N) is 1. The summed E-state index contributed by atoms with van der Waals surface area (Å²) in [6, 6.07) is 13.1. The van der Waals surface area contributed by atoms with Crippen LogP contribution in [0.2, 0.25) is 0 Å². The van der Waals surface area contributed by atoms with E-state index in [0.29, 0.717) is 0 Å². The van der Waals surface area contributed by atoms with Crippen LogP contribution in [0.15, 0.2) is 53.4 Å². The molecule has 0 fully saturated rings. The van der Waals surface area contributed by atoms with Gasteiger partial charge < -0.3 is 9.64 Å². The summed E-state index contributed by atoms with van der Waals surface area (Å²) in [5, 5.41) is 0. The standard InChI is InChI=1S/C20H21NO5S/c1-13-12-16-6-4-5-7-18(16)21(13)19(22)14(2)26-20(23)15-8-10-17(11-9-15)27(3,24)25/h4-11,13-14H,12H2,1-3H3/t13-,14+/m0/s1. The van der Waals surface area contributed by atoms with Crippen molar-refractivity contribution in [1.82, 2.24) is 0 Å². The SMILES string of the molecule is C[C@@H](OC(=O)c1ccc(S(C)(=O)=O)cc1)C(=O)N1c2ccccc2C[C@@H]1C. The van der Waals surface area contributed by atoms with Gasteiger partial charge in [-0.3, -0.25) is 4.79 Å². The molecule has 0 bridgehead atoms. The van der Waals surface area contributed by atoms with Crippen LogP contribution in [0.3, 0.4) is 0 Å². The lowest BCUT2D eigenvalue weighted by molar-refractivity contribution is -0.126. The van der Waals surface area contributed by atoms with Gasteiger partial charge in [-0.1, -0.05) is 18.2 Å². The van der Waals surface area contributed by atoms with Crippen LogP contribution in [0.5, 0.6) is 0 Å². The van der Waals surface area contributed by atoms with Crippen LogP contribution in [0.1, 0.15) is 29.8 Å². The van der Waals surface area contributed by atoms with Crippen molar-refractivity contribution < 1.29 is 22.7 Å². The zero-order chi connectivity index (χ0) is 19.8. The van der Waals surface area contributed by atoms with E-state index >= 15 is 0 Å². The van der Waals surface area contributed by atoms with E-state index < -0.39 is 21.9 Å². The van der Waals surface area contributed by atoms with Gasteiger partial charge in [-0.2, -0.15) is 0 Å². The molecule has 0 unspecified atom stereocenters. The summed E-state index contributed by atoms with van der Waals surface area (Å²) >= 11 is 0. The monoisotopic (exact) mass is 387 g/mol. The van der Waals surface area contributed by atoms with Gasteiger partial charge in [0.05, 0.1) is 10.5 Å². The van der Waals surface area contributed by atoms with E-state index in [0.717, 1.165) is 23.9 Å². The van der Waals surface area contributed by atoms with Gasteiger partial charge in [0.1, 0.15) is 0 Å². The molecule has 1 heterocycles. The fourth-order valence-corrected chi connectivity index (χ4v) is 3.84. The Bertz CT molecular complexity index is 982. The second-order valence-electron chi connectivity index (χ2n) is 6.73. The second-order valence-corrected chi connectivity index (χ2v) is 8.75. The highest BCUT2D eigenvalue weighted by Crippen LogP contribution is 2.32. The van der Waals surface area contributed by atoms with Gasteiger partial charge in [-0.25, -0.2) is 13.2 Å². The molecule has 7 heteroatoms. The molecule has 6 nitrogen and oxygen atoms in total. The van der Waals surface area contributed by atoms with Gasteiger partial charge in [0.25, 0.3) is 5.91 Å². The fraction of sp³-hybridized carbons (Fsp3) is 0.300. The molecule has 2 aromatic rings. The summed E-state index contributed by atoms with van der Waals surface area (Å²) in [7, 11) is -3.34. The summed E-state index contributed by atoms with van der Waals surface area (Å²) in [5.41, 5.74) is 2.13. The number of anilines is 1. The van der Waals surface area contributed by atoms with Crippen LogP contribution in [0.25, 0.3) is 0 Å². The number of carbonyl (C=O) groups excluding carboxylic acids is 2. The number of hydrogen-bond donors (Lipinski definition) is 0. The normalized spacial score (nSPS) is 17.3. The predicted molar refractivity (Wildman–Crippen MR) is 102 cm³/mol. The maximum Gasteiger partial charge on any atom is 0.338 e. The molecular weight excluding hydrogens is 366 g/mol. The average molecular weight is 387 g/mol. The van der Waals surface area contributed by atoms with Crippen molar-refractivity contribution in [3.05, 3.63) is 59.7 Å². The first-order valence-electron chi connectivity index (χ1n) is 8.60. The number of ether oxygens (including phenoxy) is 1. The summed E-state index contributed by atoms with van der Waals surface area (Å²) in [6.45, 7) is 3.50. The molecule has 0 saturated carbocycles. The number of benzene rings is 2. The lowest BCUT2D eigenvalue weighted by Gasteiger charge is -2.25. The number of amides is 1. The number of fused-ring (bicyclic) bond motifs is 1. The van der Waals surface area contributed by atoms with E-state index in [9.17, 15) is 18.0 Å². The summed E-state index contributed by atoms with van der Waals surface area (Å²) < 4.78 is 28.3. The van der Waals surface area contributed by atoms with Gasteiger partial charge in [-0.15, -0.1) is 0 Å². The minimum Gasteiger partial charge on any atom is -0.449 e. The molecule has 1 aliphatic rings. The minimum atomic E-state index is -3.34. The van der Waals surface area contributed by atoms with E-state index in [-0.39, 0.29) is 22.4 Å². The highest BCUT2D eigenvalue weighted by atomic mass is 32.2. The van der Waals surface area contributed by atoms with E-state index in [1.807, 2.05) is 31.2 Å². The Labute approximate surface area is 158 Å². The van der Waals surface area contributed by atoms with Crippen LogP contribution in [-0.2, 0) is 25.8 Å². The molecule has 1 amide bonds. The van der Waals surface area contributed by atoms with Gasteiger partial charge in [0.15, 0.2) is 15.9 Å². The molecule has 27 heavy (non-hydrogen) atoms. The molecule has 0 aliphatic carbocycles. The Kier molecular flexibility index (Phi) is 5.06. The molecule has 0 radical (unpaired) electrons. The van der Waals surface area contributed by atoms with Crippen molar-refractivity contribution >= 4 is 27.4 Å². The fourth-order valence-electron chi connectivity index (χ4n) is 3.21. The molecule has 142 valence electrons. The molecule has 1 aliphatic heterocycles. The minimum absolute atomic E-state index is 0.00917. The molecule has 0 spiro atoms. The average Bonchev–Trinajstić information content (AvgIpc) is 2.96. The Morgan fingerprint density at radius 1 is 1.11 bits per heavy atom. The van der Waals surface area contributed by atoms with Crippen molar-refractivity contribution in [2.75, 3.05) is 11.2 Å². The van der Waals surface area contributed by atoms with Crippen LogP contribution < -0.4 is 4.90 Å². The molecule has 0 N–H and O–H groups in total. The first-order chi connectivity index (χ1) is 12.7. The maximum absolute atomic E-state index is 12.8. The Morgan fingerprint density at radius 2 is 1.74 bits per heavy atom. The van der Waals surface area contributed by atoms with Crippen molar-refractivity contribution in [3.63, 3.8) is 0 Å². The first-order valence-corrected chi connectivity index (χ1v) is 10.5. The molecule has 0 aromatic heterocycles. The van der Waals surface area contributed by atoms with Gasteiger partial charge in [0.2, 0.25) is 0 Å². The zero-order valence-electron chi connectivity index (χ0n) is 15.4. The highest BCUT2D eigenvalue weighted by molar-refractivity contribution is 7.90. The predicted octanol–water partition coefficient (Wildman–Crippen LogP) is 2.61. The number of para-hydroxylation sites is 1. The first kappa shape index (κ1) is 19.1. The second kappa shape index (κ2) is 7.15.